The average Bonchev–Trinajstić information content (AvgIpc) is 2.63. The first-order chi connectivity index (χ1) is 13.2. The van der Waals surface area contributed by atoms with Crippen LogP contribution in [0.4, 0.5) is 13.2 Å². The van der Waals surface area contributed by atoms with Crippen molar-refractivity contribution in [2.75, 3.05) is 13.1 Å². The number of carbonyl (C=O) groups is 1. The number of aryl methyl sites for hydroxylation is 1. The van der Waals surface area contributed by atoms with Gasteiger partial charge in [-0.05, 0) is 50.6 Å². The number of aromatic nitrogens is 2. The van der Waals surface area contributed by atoms with Gasteiger partial charge in [0.15, 0.2) is 5.69 Å². The molecule has 1 aliphatic heterocycles. The van der Waals surface area contributed by atoms with E-state index < -0.39 is 23.1 Å². The first-order valence-corrected chi connectivity index (χ1v) is 8.97. The molecule has 3 rings (SSSR count). The largest absolute Gasteiger partial charge is 0.416 e. The van der Waals surface area contributed by atoms with E-state index in [1.807, 2.05) is 6.92 Å². The van der Waals surface area contributed by atoms with Gasteiger partial charge in [0.25, 0.3) is 5.91 Å². The van der Waals surface area contributed by atoms with E-state index >= 15 is 0 Å². The van der Waals surface area contributed by atoms with Crippen molar-refractivity contribution in [3.05, 3.63) is 57.5 Å². The molecule has 2 unspecified atom stereocenters. The highest BCUT2D eigenvalue weighted by Crippen LogP contribution is 2.30. The lowest BCUT2D eigenvalue weighted by molar-refractivity contribution is -0.137. The molecular weight excluding hydrogens is 373 g/mol. The second kappa shape index (κ2) is 7.75. The minimum absolute atomic E-state index is 0.0988. The molecule has 150 valence electrons. The minimum atomic E-state index is -4.51. The van der Waals surface area contributed by atoms with Gasteiger partial charge in [-0.1, -0.05) is 13.0 Å². The molecule has 0 saturated carbocycles. The zero-order valence-electron chi connectivity index (χ0n) is 15.5. The molecule has 0 aliphatic carbocycles. The highest BCUT2D eigenvalue weighted by Gasteiger charge is 2.31. The van der Waals surface area contributed by atoms with E-state index in [-0.39, 0.29) is 23.3 Å². The van der Waals surface area contributed by atoms with Crippen molar-refractivity contribution >= 4 is 5.91 Å². The van der Waals surface area contributed by atoms with Gasteiger partial charge in [0.2, 0.25) is 5.43 Å². The number of piperidine rings is 1. The van der Waals surface area contributed by atoms with Crippen LogP contribution in [-0.2, 0) is 6.18 Å². The summed E-state index contributed by atoms with van der Waals surface area (Å²) < 4.78 is 40.2. The molecule has 2 heterocycles. The summed E-state index contributed by atoms with van der Waals surface area (Å²) in [6.45, 7) is 5.04. The van der Waals surface area contributed by atoms with Crippen molar-refractivity contribution in [2.45, 2.75) is 32.5 Å². The van der Waals surface area contributed by atoms with Crippen LogP contribution >= 0.6 is 0 Å². The Hall–Kier alpha value is -2.68. The van der Waals surface area contributed by atoms with Gasteiger partial charge in [-0.2, -0.15) is 18.3 Å². The lowest BCUT2D eigenvalue weighted by Crippen LogP contribution is -2.49. The van der Waals surface area contributed by atoms with Crippen molar-refractivity contribution in [2.24, 2.45) is 5.92 Å². The third-order valence-electron chi connectivity index (χ3n) is 4.84. The maximum absolute atomic E-state index is 13.0. The molecule has 0 radical (unpaired) electrons. The summed E-state index contributed by atoms with van der Waals surface area (Å²) >= 11 is 0. The summed E-state index contributed by atoms with van der Waals surface area (Å²) in [7, 11) is 0. The quantitative estimate of drug-likeness (QED) is 0.838. The fourth-order valence-electron chi connectivity index (χ4n) is 3.25. The smallest absolute Gasteiger partial charge is 0.347 e. The van der Waals surface area contributed by atoms with Crippen LogP contribution in [0.5, 0.6) is 0 Å². The molecule has 1 fully saturated rings. The highest BCUT2D eigenvalue weighted by molar-refractivity contribution is 5.92. The van der Waals surface area contributed by atoms with Gasteiger partial charge in [-0.25, -0.2) is 4.68 Å². The first-order valence-electron chi connectivity index (χ1n) is 8.97. The molecule has 2 N–H and O–H groups in total. The Balaban J connectivity index is 1.95. The summed E-state index contributed by atoms with van der Waals surface area (Å²) in [6.07, 6.45) is -3.78. The predicted molar refractivity (Wildman–Crippen MR) is 97.5 cm³/mol. The van der Waals surface area contributed by atoms with E-state index in [4.69, 9.17) is 0 Å². The van der Waals surface area contributed by atoms with Crippen LogP contribution in [-0.4, -0.2) is 34.8 Å². The van der Waals surface area contributed by atoms with E-state index in [9.17, 15) is 22.8 Å². The second-order valence-corrected chi connectivity index (χ2v) is 7.01. The molecule has 0 bridgehead atoms. The maximum Gasteiger partial charge on any atom is 0.416 e. The number of benzene rings is 1. The minimum Gasteiger partial charge on any atom is -0.347 e. The molecular formula is C19H21F3N4O2. The fraction of sp³-hybridized carbons (Fsp3) is 0.421. The van der Waals surface area contributed by atoms with E-state index in [0.29, 0.717) is 5.69 Å². The average molecular weight is 394 g/mol. The van der Waals surface area contributed by atoms with Crippen LogP contribution in [0.2, 0.25) is 0 Å². The topological polar surface area (TPSA) is 76.0 Å². The van der Waals surface area contributed by atoms with E-state index in [2.05, 4.69) is 15.7 Å². The van der Waals surface area contributed by atoms with Crippen LogP contribution < -0.4 is 16.1 Å². The molecule has 1 saturated heterocycles. The SMILES string of the molecule is Cc1cc(=O)c(C(=O)NC2CCNCC2C)nn1-c1cccc(C(F)(F)F)c1. The zero-order chi connectivity index (χ0) is 20.5. The Morgan fingerprint density at radius 2 is 2.07 bits per heavy atom. The molecule has 28 heavy (non-hydrogen) atoms. The Bertz CT molecular complexity index is 940. The summed E-state index contributed by atoms with van der Waals surface area (Å²) in [6, 6.07) is 5.69. The lowest BCUT2D eigenvalue weighted by Gasteiger charge is -2.30. The summed E-state index contributed by atoms with van der Waals surface area (Å²) in [5, 5.41) is 10.1. The molecule has 1 aromatic carbocycles. The van der Waals surface area contributed by atoms with Crippen LogP contribution in [0.15, 0.2) is 35.1 Å². The van der Waals surface area contributed by atoms with Crippen LogP contribution in [0.3, 0.4) is 0 Å². The van der Waals surface area contributed by atoms with Gasteiger partial charge < -0.3 is 10.6 Å². The monoisotopic (exact) mass is 394 g/mol. The van der Waals surface area contributed by atoms with Gasteiger partial charge in [0, 0.05) is 17.8 Å². The maximum atomic E-state index is 13.0. The van der Waals surface area contributed by atoms with Crippen LogP contribution in [0.25, 0.3) is 5.69 Å². The number of carbonyl (C=O) groups excluding carboxylic acids is 1. The number of rotatable bonds is 3. The van der Waals surface area contributed by atoms with Crippen molar-refractivity contribution in [1.82, 2.24) is 20.4 Å². The summed E-state index contributed by atoms with van der Waals surface area (Å²) in [4.78, 5) is 24.9. The molecule has 9 heteroatoms. The summed E-state index contributed by atoms with van der Waals surface area (Å²) in [5.41, 5.74) is -1.29. The molecule has 2 aromatic rings. The van der Waals surface area contributed by atoms with Crippen molar-refractivity contribution in [3.8, 4) is 5.69 Å². The Morgan fingerprint density at radius 3 is 2.75 bits per heavy atom. The Labute approximate surface area is 159 Å². The Morgan fingerprint density at radius 1 is 1.32 bits per heavy atom. The predicted octanol–water partition coefficient (Wildman–Crippen LogP) is 2.29. The normalized spacial score (nSPS) is 20.0. The van der Waals surface area contributed by atoms with Crippen LogP contribution in [0, 0.1) is 12.8 Å². The molecule has 2 atom stereocenters. The van der Waals surface area contributed by atoms with Crippen molar-refractivity contribution in [3.63, 3.8) is 0 Å². The van der Waals surface area contributed by atoms with E-state index in [0.717, 1.165) is 31.6 Å². The number of hydrogen-bond donors (Lipinski definition) is 2. The molecule has 1 amide bonds. The van der Waals surface area contributed by atoms with Crippen molar-refractivity contribution in [1.29, 1.82) is 0 Å². The van der Waals surface area contributed by atoms with E-state index in [1.165, 1.54) is 22.9 Å². The number of nitrogens with one attached hydrogen (secondary N) is 2. The van der Waals surface area contributed by atoms with E-state index in [1.54, 1.807) is 6.92 Å². The summed E-state index contributed by atoms with van der Waals surface area (Å²) in [5.74, 6) is -0.432. The van der Waals surface area contributed by atoms with Gasteiger partial charge in [-0.3, -0.25) is 9.59 Å². The lowest BCUT2D eigenvalue weighted by atomic mass is 9.95. The zero-order valence-corrected chi connectivity index (χ0v) is 15.5. The molecule has 1 aromatic heterocycles. The highest BCUT2D eigenvalue weighted by atomic mass is 19.4. The standard InChI is InChI=1S/C19H21F3N4O2/c1-11-10-23-7-6-15(11)24-18(28)17-16(27)8-12(2)26(25-17)14-5-3-4-13(9-14)19(20,21)22/h3-5,8-9,11,15,23H,6-7,10H2,1-2H3,(H,24,28). The third-order valence-corrected chi connectivity index (χ3v) is 4.84. The van der Waals surface area contributed by atoms with Gasteiger partial charge >= 0.3 is 6.18 Å². The van der Waals surface area contributed by atoms with Crippen LogP contribution in [0.1, 0.15) is 35.1 Å². The van der Waals surface area contributed by atoms with Gasteiger partial charge in [0.1, 0.15) is 0 Å². The second-order valence-electron chi connectivity index (χ2n) is 7.01. The number of halogens is 3. The van der Waals surface area contributed by atoms with Gasteiger partial charge in [0.05, 0.1) is 11.3 Å². The number of alkyl halides is 3. The number of amides is 1. The Kier molecular flexibility index (Phi) is 5.55. The van der Waals surface area contributed by atoms with Gasteiger partial charge in [-0.15, -0.1) is 0 Å². The number of hydrogen-bond acceptors (Lipinski definition) is 4. The molecule has 0 spiro atoms. The third kappa shape index (κ3) is 4.24. The number of nitrogens with zero attached hydrogens (tertiary/aromatic N) is 2. The molecule has 6 nitrogen and oxygen atoms in total. The fourth-order valence-corrected chi connectivity index (χ4v) is 3.25. The molecule has 1 aliphatic rings. The first kappa shape index (κ1) is 20.1. The van der Waals surface area contributed by atoms with Crippen molar-refractivity contribution < 1.29 is 18.0 Å².